The Bertz CT molecular complexity index is 760. The maximum Gasteiger partial charge on any atom is 0.253 e. The van der Waals surface area contributed by atoms with Crippen molar-refractivity contribution < 1.29 is 9.59 Å². The molecule has 0 heterocycles. The van der Waals surface area contributed by atoms with E-state index in [9.17, 15) is 9.59 Å². The summed E-state index contributed by atoms with van der Waals surface area (Å²) in [5.74, 6) is -0.738. The van der Waals surface area contributed by atoms with Crippen LogP contribution in [0.1, 0.15) is 21.5 Å². The van der Waals surface area contributed by atoms with Crippen LogP contribution in [-0.4, -0.2) is 18.4 Å². The van der Waals surface area contributed by atoms with Crippen LogP contribution < -0.4 is 10.6 Å². The summed E-state index contributed by atoms with van der Waals surface area (Å²) in [5, 5.41) is 5.98. The normalized spacial score (nSPS) is 10.3. The zero-order chi connectivity index (χ0) is 17.0. The Kier molecular flexibility index (Phi) is 5.64. The standard InChI is InChI=1S/C17H16Cl2N2O2/c1-10-3-6-15(11(2)7-10)21-16(22)9-20-17(23)13-5-4-12(18)8-14(13)19/h3-8H,9H2,1-2H3,(H,20,23)(H,21,22). The molecular weight excluding hydrogens is 335 g/mol. The number of benzene rings is 2. The van der Waals surface area contributed by atoms with Gasteiger partial charge in [0.05, 0.1) is 17.1 Å². The summed E-state index contributed by atoms with van der Waals surface area (Å²) in [6, 6.07) is 10.3. The average Bonchev–Trinajstić information content (AvgIpc) is 2.48. The molecule has 0 aliphatic rings. The average molecular weight is 351 g/mol. The smallest absolute Gasteiger partial charge is 0.253 e. The quantitative estimate of drug-likeness (QED) is 0.875. The Balaban J connectivity index is 1.94. The number of nitrogens with one attached hydrogen (secondary N) is 2. The summed E-state index contributed by atoms with van der Waals surface area (Å²) < 4.78 is 0. The molecule has 23 heavy (non-hydrogen) atoms. The van der Waals surface area contributed by atoms with Crippen molar-refractivity contribution in [3.63, 3.8) is 0 Å². The molecule has 2 N–H and O–H groups in total. The van der Waals surface area contributed by atoms with Crippen LogP contribution in [0.25, 0.3) is 0 Å². The number of halogens is 2. The number of carbonyl (C=O) groups excluding carboxylic acids is 2. The van der Waals surface area contributed by atoms with Crippen LogP contribution >= 0.6 is 23.2 Å². The monoisotopic (exact) mass is 350 g/mol. The first-order chi connectivity index (χ1) is 10.9. The second-order valence-corrected chi connectivity index (χ2v) is 6.02. The third-order valence-corrected chi connectivity index (χ3v) is 3.79. The molecule has 2 rings (SSSR count). The first-order valence-electron chi connectivity index (χ1n) is 6.97. The number of carbonyl (C=O) groups is 2. The topological polar surface area (TPSA) is 58.2 Å². The number of anilines is 1. The van der Waals surface area contributed by atoms with Gasteiger partial charge in [-0.2, -0.15) is 0 Å². The van der Waals surface area contributed by atoms with Gasteiger partial charge in [0.1, 0.15) is 0 Å². The molecule has 0 spiro atoms. The van der Waals surface area contributed by atoms with Crippen LogP contribution in [0.5, 0.6) is 0 Å². The second kappa shape index (κ2) is 7.49. The summed E-state index contributed by atoms with van der Waals surface area (Å²) in [4.78, 5) is 24.0. The molecule has 0 saturated heterocycles. The number of rotatable bonds is 4. The van der Waals surface area contributed by atoms with Gasteiger partial charge in [-0.25, -0.2) is 0 Å². The largest absolute Gasteiger partial charge is 0.343 e. The lowest BCUT2D eigenvalue weighted by Gasteiger charge is -2.10. The summed E-state index contributed by atoms with van der Waals surface area (Å²) in [7, 11) is 0. The predicted octanol–water partition coefficient (Wildman–Crippen LogP) is 3.98. The Morgan fingerprint density at radius 2 is 1.78 bits per heavy atom. The van der Waals surface area contributed by atoms with Crippen LogP contribution in [0.4, 0.5) is 5.69 Å². The molecule has 0 aliphatic heterocycles. The number of amides is 2. The highest BCUT2D eigenvalue weighted by Gasteiger charge is 2.12. The van der Waals surface area contributed by atoms with Gasteiger partial charge in [0, 0.05) is 10.7 Å². The SMILES string of the molecule is Cc1ccc(NC(=O)CNC(=O)c2ccc(Cl)cc2Cl)c(C)c1. The zero-order valence-corrected chi connectivity index (χ0v) is 14.3. The first-order valence-corrected chi connectivity index (χ1v) is 7.73. The Morgan fingerprint density at radius 3 is 2.43 bits per heavy atom. The van der Waals surface area contributed by atoms with Crippen LogP contribution in [0.2, 0.25) is 10.0 Å². The first kappa shape index (κ1) is 17.3. The van der Waals surface area contributed by atoms with E-state index in [1.165, 1.54) is 12.1 Å². The molecule has 0 saturated carbocycles. The van der Waals surface area contributed by atoms with E-state index < -0.39 is 5.91 Å². The van der Waals surface area contributed by atoms with Gasteiger partial charge >= 0.3 is 0 Å². The summed E-state index contributed by atoms with van der Waals surface area (Å²) in [6.07, 6.45) is 0. The fraction of sp³-hybridized carbons (Fsp3) is 0.176. The minimum absolute atomic E-state index is 0.148. The molecule has 0 aromatic heterocycles. The van der Waals surface area contributed by atoms with Gasteiger partial charge < -0.3 is 10.6 Å². The molecule has 0 bridgehead atoms. The predicted molar refractivity (Wildman–Crippen MR) is 93.3 cm³/mol. The molecule has 0 aliphatic carbocycles. The van der Waals surface area contributed by atoms with Gasteiger partial charge in [0.2, 0.25) is 5.91 Å². The highest BCUT2D eigenvalue weighted by Crippen LogP contribution is 2.20. The van der Waals surface area contributed by atoms with Gasteiger partial charge in [-0.1, -0.05) is 40.9 Å². The highest BCUT2D eigenvalue weighted by molar-refractivity contribution is 6.36. The summed E-state index contributed by atoms with van der Waals surface area (Å²) in [5.41, 5.74) is 3.08. The van der Waals surface area contributed by atoms with Crippen LogP contribution in [0, 0.1) is 13.8 Å². The van der Waals surface area contributed by atoms with Crippen molar-refractivity contribution in [3.8, 4) is 0 Å². The maximum atomic E-state index is 12.0. The third kappa shape index (κ3) is 4.71. The zero-order valence-electron chi connectivity index (χ0n) is 12.7. The number of hydrogen-bond donors (Lipinski definition) is 2. The van der Waals surface area contributed by atoms with E-state index in [0.717, 1.165) is 16.8 Å². The van der Waals surface area contributed by atoms with Gasteiger partial charge in [0.25, 0.3) is 5.91 Å². The van der Waals surface area contributed by atoms with E-state index in [0.29, 0.717) is 5.02 Å². The lowest BCUT2D eigenvalue weighted by atomic mass is 10.1. The van der Waals surface area contributed by atoms with Crippen molar-refractivity contribution in [2.75, 3.05) is 11.9 Å². The van der Waals surface area contributed by atoms with Crippen molar-refractivity contribution in [3.05, 3.63) is 63.1 Å². The van der Waals surface area contributed by atoms with Gasteiger partial charge in [-0.15, -0.1) is 0 Å². The lowest BCUT2D eigenvalue weighted by molar-refractivity contribution is -0.115. The van der Waals surface area contributed by atoms with Gasteiger partial charge in [-0.3, -0.25) is 9.59 Å². The molecule has 0 unspecified atom stereocenters. The second-order valence-electron chi connectivity index (χ2n) is 5.17. The van der Waals surface area contributed by atoms with E-state index >= 15 is 0 Å². The minimum Gasteiger partial charge on any atom is -0.343 e. The van der Waals surface area contributed by atoms with E-state index in [1.54, 1.807) is 6.07 Å². The fourth-order valence-electron chi connectivity index (χ4n) is 2.08. The molecule has 0 fully saturated rings. The van der Waals surface area contributed by atoms with Gasteiger partial charge in [-0.05, 0) is 43.7 Å². The highest BCUT2D eigenvalue weighted by atomic mass is 35.5. The number of hydrogen-bond acceptors (Lipinski definition) is 2. The van der Waals surface area contributed by atoms with Crippen molar-refractivity contribution in [1.29, 1.82) is 0 Å². The van der Waals surface area contributed by atoms with E-state index in [2.05, 4.69) is 10.6 Å². The molecular formula is C17H16Cl2N2O2. The molecule has 0 radical (unpaired) electrons. The Hall–Kier alpha value is -2.04. The minimum atomic E-state index is -0.428. The van der Waals surface area contributed by atoms with Crippen LogP contribution in [0.15, 0.2) is 36.4 Å². The Labute approximate surface area is 144 Å². The molecule has 6 heteroatoms. The molecule has 2 aromatic rings. The lowest BCUT2D eigenvalue weighted by Crippen LogP contribution is -2.33. The van der Waals surface area contributed by atoms with Crippen molar-refractivity contribution in [1.82, 2.24) is 5.32 Å². The molecule has 2 aromatic carbocycles. The van der Waals surface area contributed by atoms with Crippen LogP contribution in [-0.2, 0) is 4.79 Å². The molecule has 0 atom stereocenters. The summed E-state index contributed by atoms with van der Waals surface area (Å²) >= 11 is 11.7. The van der Waals surface area contributed by atoms with Crippen molar-refractivity contribution in [2.24, 2.45) is 0 Å². The van der Waals surface area contributed by atoms with Gasteiger partial charge in [0.15, 0.2) is 0 Å². The Morgan fingerprint density at radius 1 is 1.04 bits per heavy atom. The fourth-order valence-corrected chi connectivity index (χ4v) is 2.57. The van der Waals surface area contributed by atoms with E-state index in [1.807, 2.05) is 32.0 Å². The van der Waals surface area contributed by atoms with E-state index in [-0.39, 0.29) is 23.0 Å². The van der Waals surface area contributed by atoms with Crippen LogP contribution in [0.3, 0.4) is 0 Å². The molecule has 2 amide bonds. The van der Waals surface area contributed by atoms with E-state index in [4.69, 9.17) is 23.2 Å². The number of aryl methyl sites for hydroxylation is 2. The molecule has 4 nitrogen and oxygen atoms in total. The summed E-state index contributed by atoms with van der Waals surface area (Å²) in [6.45, 7) is 3.74. The van der Waals surface area contributed by atoms with Crippen molar-refractivity contribution in [2.45, 2.75) is 13.8 Å². The maximum absolute atomic E-state index is 12.0. The van der Waals surface area contributed by atoms with Crippen molar-refractivity contribution >= 4 is 40.7 Å². The third-order valence-electron chi connectivity index (χ3n) is 3.24. The molecule has 120 valence electrons.